The summed E-state index contributed by atoms with van der Waals surface area (Å²) in [7, 11) is 0. The zero-order valence-corrected chi connectivity index (χ0v) is 9.50. The average molecular weight is 218 g/mol. The van der Waals surface area contributed by atoms with Gasteiger partial charge in [0.15, 0.2) is 0 Å². The van der Waals surface area contributed by atoms with E-state index in [0.717, 1.165) is 22.2 Å². The number of para-hydroxylation sites is 1. The monoisotopic (exact) mass is 218 g/mol. The van der Waals surface area contributed by atoms with E-state index in [1.807, 2.05) is 18.3 Å². The van der Waals surface area contributed by atoms with Crippen LogP contribution in [0.3, 0.4) is 0 Å². The Bertz CT molecular complexity index is 451. The van der Waals surface area contributed by atoms with Crippen LogP contribution >= 0.6 is 11.8 Å². The standard InChI is InChI=1S/C12H14N2S/c1-15-8-11(13)10-6-2-4-9-5-3-7-14-12(9)10/h2-7,11H,8,13H2,1H3. The number of thioether (sulfide) groups is 1. The molecule has 0 spiro atoms. The van der Waals surface area contributed by atoms with Crippen LogP contribution in [-0.4, -0.2) is 17.0 Å². The molecule has 0 saturated carbocycles. The first kappa shape index (κ1) is 10.5. The molecule has 1 atom stereocenters. The Morgan fingerprint density at radius 1 is 1.33 bits per heavy atom. The average Bonchev–Trinajstić information content (AvgIpc) is 2.28. The Labute approximate surface area is 93.9 Å². The van der Waals surface area contributed by atoms with Gasteiger partial charge in [-0.3, -0.25) is 4.98 Å². The van der Waals surface area contributed by atoms with Gasteiger partial charge >= 0.3 is 0 Å². The Morgan fingerprint density at radius 2 is 2.13 bits per heavy atom. The van der Waals surface area contributed by atoms with Crippen molar-refractivity contribution in [3.8, 4) is 0 Å². The van der Waals surface area contributed by atoms with Gasteiger partial charge in [0.25, 0.3) is 0 Å². The summed E-state index contributed by atoms with van der Waals surface area (Å²) in [5.74, 6) is 0.926. The topological polar surface area (TPSA) is 38.9 Å². The predicted octanol–water partition coefficient (Wildman–Crippen LogP) is 2.60. The van der Waals surface area contributed by atoms with Gasteiger partial charge in [0.2, 0.25) is 0 Å². The highest BCUT2D eigenvalue weighted by Crippen LogP contribution is 2.22. The third-order valence-electron chi connectivity index (χ3n) is 2.41. The summed E-state index contributed by atoms with van der Waals surface area (Å²) in [6.45, 7) is 0. The summed E-state index contributed by atoms with van der Waals surface area (Å²) in [6, 6.07) is 10.3. The highest BCUT2D eigenvalue weighted by molar-refractivity contribution is 7.98. The lowest BCUT2D eigenvalue weighted by molar-refractivity contribution is 0.838. The molecular weight excluding hydrogens is 204 g/mol. The summed E-state index contributed by atoms with van der Waals surface area (Å²) >= 11 is 1.76. The predicted molar refractivity (Wildman–Crippen MR) is 67.1 cm³/mol. The highest BCUT2D eigenvalue weighted by atomic mass is 32.2. The zero-order chi connectivity index (χ0) is 10.7. The molecule has 0 amide bonds. The minimum Gasteiger partial charge on any atom is -0.323 e. The second-order valence-electron chi connectivity index (χ2n) is 3.48. The van der Waals surface area contributed by atoms with Crippen LogP contribution in [0.2, 0.25) is 0 Å². The lowest BCUT2D eigenvalue weighted by Gasteiger charge is -2.12. The first-order valence-corrected chi connectivity index (χ1v) is 6.30. The lowest BCUT2D eigenvalue weighted by Crippen LogP contribution is -2.13. The van der Waals surface area contributed by atoms with Gasteiger partial charge in [0.05, 0.1) is 5.52 Å². The quantitative estimate of drug-likeness (QED) is 0.860. The molecule has 1 unspecified atom stereocenters. The van der Waals surface area contributed by atoms with E-state index in [-0.39, 0.29) is 6.04 Å². The van der Waals surface area contributed by atoms with Crippen LogP contribution < -0.4 is 5.73 Å². The maximum absolute atomic E-state index is 6.11. The largest absolute Gasteiger partial charge is 0.323 e. The Hall–Kier alpha value is -1.06. The number of fused-ring (bicyclic) bond motifs is 1. The summed E-state index contributed by atoms with van der Waals surface area (Å²) in [6.07, 6.45) is 3.88. The molecule has 3 heteroatoms. The van der Waals surface area contributed by atoms with Gasteiger partial charge in [-0.15, -0.1) is 0 Å². The summed E-state index contributed by atoms with van der Waals surface area (Å²) in [5, 5.41) is 1.16. The van der Waals surface area contributed by atoms with Crippen LogP contribution in [0.25, 0.3) is 10.9 Å². The normalized spacial score (nSPS) is 12.9. The number of benzene rings is 1. The van der Waals surface area contributed by atoms with Crippen molar-refractivity contribution in [1.29, 1.82) is 0 Å². The molecule has 2 aromatic rings. The number of aromatic nitrogens is 1. The molecule has 78 valence electrons. The zero-order valence-electron chi connectivity index (χ0n) is 8.68. The third-order valence-corrected chi connectivity index (χ3v) is 3.10. The molecule has 0 aliphatic heterocycles. The molecule has 0 aliphatic rings. The maximum atomic E-state index is 6.11. The van der Waals surface area contributed by atoms with E-state index in [2.05, 4.69) is 29.4 Å². The van der Waals surface area contributed by atoms with Gasteiger partial charge in [-0.25, -0.2) is 0 Å². The summed E-state index contributed by atoms with van der Waals surface area (Å²) in [5.41, 5.74) is 8.28. The molecule has 1 aromatic carbocycles. The van der Waals surface area contributed by atoms with Crippen molar-refractivity contribution in [2.45, 2.75) is 6.04 Å². The van der Waals surface area contributed by atoms with E-state index in [9.17, 15) is 0 Å². The van der Waals surface area contributed by atoms with Gasteiger partial charge < -0.3 is 5.73 Å². The molecule has 1 heterocycles. The molecule has 0 aliphatic carbocycles. The van der Waals surface area contributed by atoms with Crippen molar-refractivity contribution in [1.82, 2.24) is 4.98 Å². The molecule has 15 heavy (non-hydrogen) atoms. The van der Waals surface area contributed by atoms with Crippen molar-refractivity contribution >= 4 is 22.7 Å². The number of hydrogen-bond acceptors (Lipinski definition) is 3. The molecule has 2 nitrogen and oxygen atoms in total. The Morgan fingerprint density at radius 3 is 2.93 bits per heavy atom. The molecule has 2 rings (SSSR count). The van der Waals surface area contributed by atoms with E-state index >= 15 is 0 Å². The van der Waals surface area contributed by atoms with Crippen LogP contribution in [0.1, 0.15) is 11.6 Å². The third kappa shape index (κ3) is 2.13. The van der Waals surface area contributed by atoms with Crippen LogP contribution in [0.15, 0.2) is 36.5 Å². The number of pyridine rings is 1. The van der Waals surface area contributed by atoms with Crippen molar-refractivity contribution in [3.63, 3.8) is 0 Å². The van der Waals surface area contributed by atoms with Gasteiger partial charge in [0, 0.05) is 23.4 Å². The van der Waals surface area contributed by atoms with E-state index in [0.29, 0.717) is 0 Å². The SMILES string of the molecule is CSCC(N)c1cccc2cccnc12. The number of hydrogen-bond donors (Lipinski definition) is 1. The van der Waals surface area contributed by atoms with Crippen molar-refractivity contribution in [3.05, 3.63) is 42.1 Å². The van der Waals surface area contributed by atoms with E-state index in [4.69, 9.17) is 5.73 Å². The van der Waals surface area contributed by atoms with Crippen LogP contribution in [0.4, 0.5) is 0 Å². The maximum Gasteiger partial charge on any atom is 0.0749 e. The Kier molecular flexibility index (Phi) is 3.23. The number of rotatable bonds is 3. The van der Waals surface area contributed by atoms with Crippen LogP contribution in [0, 0.1) is 0 Å². The number of nitrogens with zero attached hydrogens (tertiary/aromatic N) is 1. The Balaban J connectivity index is 2.50. The smallest absolute Gasteiger partial charge is 0.0749 e. The van der Waals surface area contributed by atoms with Crippen LogP contribution in [0.5, 0.6) is 0 Å². The van der Waals surface area contributed by atoms with Gasteiger partial charge in [-0.1, -0.05) is 24.3 Å². The fourth-order valence-electron chi connectivity index (χ4n) is 1.70. The van der Waals surface area contributed by atoms with Crippen molar-refractivity contribution < 1.29 is 0 Å². The summed E-state index contributed by atoms with van der Waals surface area (Å²) in [4.78, 5) is 4.40. The summed E-state index contributed by atoms with van der Waals surface area (Å²) < 4.78 is 0. The first-order chi connectivity index (χ1) is 7.33. The molecular formula is C12H14N2S. The lowest BCUT2D eigenvalue weighted by atomic mass is 10.0. The first-order valence-electron chi connectivity index (χ1n) is 4.91. The fourth-order valence-corrected chi connectivity index (χ4v) is 2.24. The molecule has 0 bridgehead atoms. The van der Waals surface area contributed by atoms with E-state index < -0.39 is 0 Å². The minimum atomic E-state index is 0.0681. The molecule has 1 aromatic heterocycles. The molecule has 0 saturated heterocycles. The molecule has 0 radical (unpaired) electrons. The fraction of sp³-hybridized carbons (Fsp3) is 0.250. The van der Waals surface area contributed by atoms with Crippen molar-refractivity contribution in [2.75, 3.05) is 12.0 Å². The number of nitrogens with two attached hydrogens (primary N) is 1. The highest BCUT2D eigenvalue weighted by Gasteiger charge is 2.09. The van der Waals surface area contributed by atoms with Crippen LogP contribution in [-0.2, 0) is 0 Å². The molecule has 0 fully saturated rings. The second kappa shape index (κ2) is 4.64. The van der Waals surface area contributed by atoms with Gasteiger partial charge in [-0.05, 0) is 17.9 Å². The van der Waals surface area contributed by atoms with E-state index in [1.165, 1.54) is 0 Å². The van der Waals surface area contributed by atoms with E-state index in [1.54, 1.807) is 11.8 Å². The molecule has 2 N–H and O–H groups in total. The minimum absolute atomic E-state index is 0.0681. The van der Waals surface area contributed by atoms with Gasteiger partial charge in [-0.2, -0.15) is 11.8 Å². The second-order valence-corrected chi connectivity index (χ2v) is 4.39. The van der Waals surface area contributed by atoms with Crippen molar-refractivity contribution in [2.24, 2.45) is 5.73 Å². The van der Waals surface area contributed by atoms with Gasteiger partial charge in [0.1, 0.15) is 0 Å².